The first-order valence-electron chi connectivity index (χ1n) is 6.23. The molecule has 1 amide bonds. The summed E-state index contributed by atoms with van der Waals surface area (Å²) in [4.78, 5) is 11.5. The van der Waals surface area contributed by atoms with Crippen molar-refractivity contribution < 1.29 is 18.0 Å². The number of hydrogen-bond acceptors (Lipinski definition) is 3. The van der Waals surface area contributed by atoms with E-state index in [1.807, 2.05) is 0 Å². The first-order valence-corrected chi connectivity index (χ1v) is 7.21. The first kappa shape index (κ1) is 16.8. The van der Waals surface area contributed by atoms with Crippen LogP contribution in [-0.4, -0.2) is 11.7 Å². The maximum atomic E-state index is 12.5. The predicted octanol–water partition coefficient (Wildman–Crippen LogP) is 3.35. The molecule has 112 valence electrons. The molecule has 3 N–H and O–H groups in total. The lowest BCUT2D eigenvalue weighted by Crippen LogP contribution is -2.29. The average molecular weight is 306 g/mol. The number of benzene rings is 1. The van der Waals surface area contributed by atoms with Gasteiger partial charge in [-0.25, -0.2) is 5.84 Å². The van der Waals surface area contributed by atoms with Crippen molar-refractivity contribution in [2.75, 3.05) is 5.75 Å². The van der Waals surface area contributed by atoms with Crippen LogP contribution in [0.4, 0.5) is 13.2 Å². The fraction of sp³-hybridized carbons (Fsp3) is 0.462. The largest absolute Gasteiger partial charge is 0.416 e. The third kappa shape index (κ3) is 6.29. The summed E-state index contributed by atoms with van der Waals surface area (Å²) in [6.45, 7) is 0. The van der Waals surface area contributed by atoms with Crippen LogP contribution in [0.5, 0.6) is 0 Å². The zero-order valence-corrected chi connectivity index (χ0v) is 11.7. The van der Waals surface area contributed by atoms with Gasteiger partial charge in [0.15, 0.2) is 0 Å². The molecule has 0 aromatic heterocycles. The quantitative estimate of drug-likeness (QED) is 0.267. The average Bonchev–Trinajstić information content (AvgIpc) is 2.41. The molecule has 0 aliphatic heterocycles. The number of alkyl halides is 3. The van der Waals surface area contributed by atoms with Crippen LogP contribution in [0.3, 0.4) is 0 Å². The number of hydrazine groups is 1. The number of rotatable bonds is 7. The van der Waals surface area contributed by atoms with Crippen LogP contribution in [-0.2, 0) is 11.0 Å². The van der Waals surface area contributed by atoms with Crippen LogP contribution in [0.1, 0.15) is 31.2 Å². The Balaban J connectivity index is 2.27. The van der Waals surface area contributed by atoms with Gasteiger partial charge < -0.3 is 0 Å². The molecule has 0 saturated heterocycles. The van der Waals surface area contributed by atoms with Crippen molar-refractivity contribution in [3.8, 4) is 0 Å². The molecule has 0 heterocycles. The Bertz CT molecular complexity index is 438. The van der Waals surface area contributed by atoms with Gasteiger partial charge in [0.2, 0.25) is 5.91 Å². The molecule has 0 unspecified atom stereocenters. The molecule has 0 spiro atoms. The van der Waals surface area contributed by atoms with Gasteiger partial charge in [0, 0.05) is 11.3 Å². The van der Waals surface area contributed by atoms with E-state index in [0.29, 0.717) is 11.3 Å². The minimum Gasteiger partial charge on any atom is -0.294 e. The molecule has 7 heteroatoms. The molecule has 0 bridgehead atoms. The number of nitrogens with two attached hydrogens (primary N) is 1. The van der Waals surface area contributed by atoms with E-state index in [9.17, 15) is 18.0 Å². The van der Waals surface area contributed by atoms with E-state index in [2.05, 4.69) is 5.43 Å². The zero-order chi connectivity index (χ0) is 15.0. The Morgan fingerprint density at radius 2 is 2.00 bits per heavy atom. The maximum Gasteiger partial charge on any atom is 0.416 e. The molecule has 3 nitrogen and oxygen atoms in total. The van der Waals surface area contributed by atoms with E-state index in [4.69, 9.17) is 5.84 Å². The van der Waals surface area contributed by atoms with Crippen LogP contribution in [0.2, 0.25) is 0 Å². The summed E-state index contributed by atoms with van der Waals surface area (Å²) in [6, 6.07) is 5.31. The van der Waals surface area contributed by atoms with Gasteiger partial charge in [-0.1, -0.05) is 12.5 Å². The molecule has 1 rings (SSSR count). The normalized spacial score (nSPS) is 11.4. The number of hydrogen-bond donors (Lipinski definition) is 2. The molecule has 20 heavy (non-hydrogen) atoms. The lowest BCUT2D eigenvalue weighted by Gasteiger charge is -2.08. The SMILES string of the molecule is NNC(=O)CCCCCSc1cccc(C(F)(F)F)c1. The third-order valence-electron chi connectivity index (χ3n) is 2.64. The fourth-order valence-corrected chi connectivity index (χ4v) is 2.56. The molecule has 0 aliphatic rings. The first-order chi connectivity index (χ1) is 9.43. The maximum absolute atomic E-state index is 12.5. The minimum absolute atomic E-state index is 0.199. The van der Waals surface area contributed by atoms with Crippen LogP contribution in [0, 0.1) is 0 Å². The van der Waals surface area contributed by atoms with E-state index >= 15 is 0 Å². The highest BCUT2D eigenvalue weighted by Gasteiger charge is 2.30. The molecule has 0 aliphatic carbocycles. The molecule has 0 radical (unpaired) electrons. The Kier molecular flexibility index (Phi) is 6.87. The molecule has 0 fully saturated rings. The van der Waals surface area contributed by atoms with Crippen molar-refractivity contribution in [3.05, 3.63) is 29.8 Å². The van der Waals surface area contributed by atoms with Crippen molar-refractivity contribution in [1.29, 1.82) is 0 Å². The number of unbranched alkanes of at least 4 members (excludes halogenated alkanes) is 2. The third-order valence-corrected chi connectivity index (χ3v) is 3.72. The summed E-state index contributed by atoms with van der Waals surface area (Å²) >= 11 is 1.39. The highest BCUT2D eigenvalue weighted by Crippen LogP contribution is 2.32. The van der Waals surface area contributed by atoms with Crippen molar-refractivity contribution in [2.24, 2.45) is 5.84 Å². The van der Waals surface area contributed by atoms with E-state index in [-0.39, 0.29) is 5.91 Å². The molecular formula is C13H17F3N2OS. The highest BCUT2D eigenvalue weighted by molar-refractivity contribution is 7.99. The van der Waals surface area contributed by atoms with E-state index in [1.54, 1.807) is 6.07 Å². The second-order valence-electron chi connectivity index (χ2n) is 4.25. The number of thioether (sulfide) groups is 1. The summed E-state index contributed by atoms with van der Waals surface area (Å²) in [5.41, 5.74) is 1.43. The Hall–Kier alpha value is -1.21. The van der Waals surface area contributed by atoms with Gasteiger partial charge in [0.1, 0.15) is 0 Å². The van der Waals surface area contributed by atoms with Crippen molar-refractivity contribution >= 4 is 17.7 Å². The van der Waals surface area contributed by atoms with Gasteiger partial charge in [0.25, 0.3) is 0 Å². The van der Waals surface area contributed by atoms with E-state index in [0.717, 1.165) is 37.1 Å². The number of nitrogens with one attached hydrogen (secondary N) is 1. The van der Waals surface area contributed by atoms with Crippen LogP contribution < -0.4 is 11.3 Å². The smallest absolute Gasteiger partial charge is 0.294 e. The topological polar surface area (TPSA) is 55.1 Å². The standard InChI is InChI=1S/C13H17F3N2OS/c14-13(15,16)10-5-4-6-11(9-10)20-8-3-1-2-7-12(19)18-17/h4-6,9H,1-3,7-8,17H2,(H,18,19). The predicted molar refractivity (Wildman–Crippen MR) is 73.0 cm³/mol. The summed E-state index contributed by atoms with van der Waals surface area (Å²) < 4.78 is 37.5. The van der Waals surface area contributed by atoms with Gasteiger partial charge in [0.05, 0.1) is 5.56 Å². The molecule has 1 aromatic rings. The van der Waals surface area contributed by atoms with E-state index in [1.165, 1.54) is 17.8 Å². The van der Waals surface area contributed by atoms with Gasteiger partial charge in [-0.3, -0.25) is 10.2 Å². The fourth-order valence-electron chi connectivity index (χ4n) is 1.59. The molecule has 0 saturated carbocycles. The van der Waals surface area contributed by atoms with Crippen molar-refractivity contribution in [1.82, 2.24) is 5.43 Å². The summed E-state index contributed by atoms with van der Waals surface area (Å²) in [7, 11) is 0. The summed E-state index contributed by atoms with van der Waals surface area (Å²) in [5, 5.41) is 0. The molecule has 0 atom stereocenters. The van der Waals surface area contributed by atoms with Crippen molar-refractivity contribution in [3.63, 3.8) is 0 Å². The Labute approximate surface area is 120 Å². The van der Waals surface area contributed by atoms with Gasteiger partial charge in [-0.2, -0.15) is 13.2 Å². The second-order valence-corrected chi connectivity index (χ2v) is 5.42. The van der Waals surface area contributed by atoms with Crippen LogP contribution >= 0.6 is 11.8 Å². The Morgan fingerprint density at radius 3 is 2.65 bits per heavy atom. The van der Waals surface area contributed by atoms with E-state index < -0.39 is 11.7 Å². The highest BCUT2D eigenvalue weighted by atomic mass is 32.2. The van der Waals surface area contributed by atoms with Crippen LogP contribution in [0.15, 0.2) is 29.2 Å². The summed E-state index contributed by atoms with van der Waals surface area (Å²) in [6.07, 6.45) is -1.50. The van der Waals surface area contributed by atoms with Gasteiger partial charge >= 0.3 is 6.18 Å². The lowest BCUT2D eigenvalue weighted by molar-refractivity contribution is -0.137. The molecule has 1 aromatic carbocycles. The van der Waals surface area contributed by atoms with Gasteiger partial charge in [-0.15, -0.1) is 11.8 Å². The van der Waals surface area contributed by atoms with Gasteiger partial charge in [-0.05, 0) is 36.8 Å². The zero-order valence-electron chi connectivity index (χ0n) is 10.9. The second kappa shape index (κ2) is 8.16. The minimum atomic E-state index is -4.30. The van der Waals surface area contributed by atoms with Crippen molar-refractivity contribution in [2.45, 2.75) is 36.8 Å². The lowest BCUT2D eigenvalue weighted by atomic mass is 10.2. The number of carbonyl (C=O) groups excluding carboxylic acids is 1. The number of carbonyl (C=O) groups is 1. The number of halogens is 3. The number of amides is 1. The monoisotopic (exact) mass is 306 g/mol. The van der Waals surface area contributed by atoms with Crippen LogP contribution in [0.25, 0.3) is 0 Å². The molecular weight excluding hydrogens is 289 g/mol. The Morgan fingerprint density at radius 1 is 1.25 bits per heavy atom. The summed E-state index contributed by atoms with van der Waals surface area (Å²) in [5.74, 6) is 5.47.